The Bertz CT molecular complexity index is 2670. The Labute approximate surface area is 254 Å². The molecule has 6 aliphatic rings. The molecule has 45 heavy (non-hydrogen) atoms. The van der Waals surface area contributed by atoms with Crippen LogP contribution in [-0.4, -0.2) is 62.3 Å². The Kier molecular flexibility index (Phi) is 3.26. The van der Waals surface area contributed by atoms with E-state index in [0.29, 0.717) is 0 Å². The molecule has 0 aliphatic carbocycles. The molecule has 214 valence electrons. The van der Waals surface area contributed by atoms with Crippen LogP contribution in [-0.2, 0) is 8.85 Å². The first-order chi connectivity index (χ1) is 22.1. The van der Waals surface area contributed by atoms with E-state index in [1.165, 1.54) is 0 Å². The van der Waals surface area contributed by atoms with Crippen molar-refractivity contribution in [2.24, 2.45) is 20.0 Å². The van der Waals surface area contributed by atoms with Gasteiger partial charge in [0.2, 0.25) is 0 Å². The van der Waals surface area contributed by atoms with E-state index < -0.39 is 7.76 Å². The first kappa shape index (κ1) is 22.9. The molecule has 12 rings (SSSR count). The van der Waals surface area contributed by atoms with Gasteiger partial charge in [0.05, 0.1) is 0 Å². The van der Waals surface area contributed by atoms with Gasteiger partial charge in [0, 0.05) is 0 Å². The van der Waals surface area contributed by atoms with Crippen molar-refractivity contribution in [1.82, 2.24) is 8.47 Å². The molecule has 8 heterocycles. The van der Waals surface area contributed by atoms with Crippen molar-refractivity contribution in [1.29, 1.82) is 0 Å². The fourth-order valence-corrected chi connectivity index (χ4v) is 17.2. The third-order valence-corrected chi connectivity index (χ3v) is 18.4. The molecule has 0 saturated heterocycles. The van der Waals surface area contributed by atoms with E-state index in [0.717, 1.165) is 89.8 Å². The van der Waals surface area contributed by atoms with Crippen LogP contribution in [0.25, 0.3) is 21.5 Å². The fourth-order valence-electron chi connectivity index (χ4n) is 9.38. The van der Waals surface area contributed by atoms with Gasteiger partial charge in [-0.15, -0.1) is 0 Å². The van der Waals surface area contributed by atoms with Crippen LogP contribution in [0.4, 0.5) is 11.6 Å². The molecule has 1 spiro atoms. The van der Waals surface area contributed by atoms with Gasteiger partial charge in [-0.1, -0.05) is 0 Å². The topological polar surface area (TPSA) is 83.8 Å². The second kappa shape index (κ2) is 6.42. The number of fused-ring (bicyclic) bond motifs is 12. The van der Waals surface area contributed by atoms with Crippen molar-refractivity contribution >= 4 is 64.3 Å². The van der Waals surface area contributed by atoms with E-state index in [2.05, 4.69) is 65.5 Å². The summed E-state index contributed by atoms with van der Waals surface area (Å²) >= 11 is 0. The number of benzene rings is 4. The van der Waals surface area contributed by atoms with Gasteiger partial charge >= 0.3 is 255 Å². The molecule has 2 aromatic heterocycles. The standard InChI is InChI=1S/C34H22N8O2Si/c1-43-45(44-2)39-27-19-11-3-4-12-20(19)28(39)36-30-23-15-7-8-16-24(23)32(41(30)45)38-34-26-18-10-9-17-25(26)33(42(34)45)37-31-22-14-6-5-13-21(22)29(35-27)40(31)45/h3-18H,1-2H3. The van der Waals surface area contributed by atoms with Crippen LogP contribution in [0.5, 0.6) is 0 Å². The van der Waals surface area contributed by atoms with Crippen molar-refractivity contribution in [3.63, 3.8) is 0 Å². The molecule has 4 aromatic carbocycles. The Hall–Kier alpha value is -5.62. The van der Waals surface area contributed by atoms with Crippen molar-refractivity contribution in [3.8, 4) is 0 Å². The van der Waals surface area contributed by atoms with Crippen molar-refractivity contribution in [2.75, 3.05) is 14.2 Å². The number of hydrogen-bond donors (Lipinski definition) is 0. The van der Waals surface area contributed by atoms with Crippen LogP contribution < -0.4 is 11.0 Å². The van der Waals surface area contributed by atoms with Gasteiger partial charge in [-0.05, 0) is 0 Å². The molecule has 0 fully saturated rings. The second-order valence-electron chi connectivity index (χ2n) is 12.4. The zero-order chi connectivity index (χ0) is 29.5. The molecule has 6 aliphatic heterocycles. The molecule has 0 amide bonds. The Balaban J connectivity index is 1.54. The van der Waals surface area contributed by atoms with E-state index in [4.69, 9.17) is 28.8 Å². The monoisotopic (exact) mass is 602 g/mol. The third kappa shape index (κ3) is 1.79. The molecule has 11 heteroatoms. The summed E-state index contributed by atoms with van der Waals surface area (Å²) in [6.45, 7) is 0. The predicted molar refractivity (Wildman–Crippen MR) is 171 cm³/mol. The SMILES string of the molecule is CO[Si-2]123(OC)n4c5c6ccccc6c4N=C4c6ccccc6C(=[N+]41)N=c1c4ccccc4c(n12)=NC1=[N+]3C(=N5)c2ccccc21. The first-order valence-electron chi connectivity index (χ1n) is 15.0. The van der Waals surface area contributed by atoms with Gasteiger partial charge in [0.25, 0.3) is 0 Å². The quantitative estimate of drug-likeness (QED) is 0.284. The van der Waals surface area contributed by atoms with Crippen LogP contribution in [0.3, 0.4) is 0 Å². The zero-order valence-corrected chi connectivity index (χ0v) is 25.1. The van der Waals surface area contributed by atoms with Crippen molar-refractivity contribution < 1.29 is 17.3 Å². The Morgan fingerprint density at radius 1 is 0.489 bits per heavy atom. The zero-order valence-electron chi connectivity index (χ0n) is 24.1. The van der Waals surface area contributed by atoms with Crippen LogP contribution in [0.2, 0.25) is 0 Å². The molecule has 0 bridgehead atoms. The Morgan fingerprint density at radius 3 is 1.33 bits per heavy atom. The number of amidine groups is 4. The fraction of sp³-hybridized carbons (Fsp3) is 0.0588. The normalized spacial score (nSPS) is 21.7. The number of rotatable bonds is 2. The minimum absolute atomic E-state index is 0.729. The summed E-state index contributed by atoms with van der Waals surface area (Å²) in [6.07, 6.45) is 0. The van der Waals surface area contributed by atoms with Gasteiger partial charge in [-0.2, -0.15) is 0 Å². The summed E-state index contributed by atoms with van der Waals surface area (Å²) in [6, 6.07) is 33.3. The maximum absolute atomic E-state index is 7.56. The van der Waals surface area contributed by atoms with E-state index in [9.17, 15) is 0 Å². The second-order valence-corrected chi connectivity index (χ2v) is 17.8. The van der Waals surface area contributed by atoms with E-state index in [1.54, 1.807) is 14.2 Å². The number of nitrogens with zero attached hydrogens (tertiary/aromatic N) is 8. The Morgan fingerprint density at radius 2 is 0.889 bits per heavy atom. The number of aliphatic imine (C=N–C) groups is 2. The van der Waals surface area contributed by atoms with Gasteiger partial charge in [0.15, 0.2) is 0 Å². The predicted octanol–water partition coefficient (Wildman–Crippen LogP) is 3.62. The van der Waals surface area contributed by atoms with Gasteiger partial charge in [0.1, 0.15) is 0 Å². The summed E-state index contributed by atoms with van der Waals surface area (Å²) in [5, 5.41) is 3.87. The summed E-state index contributed by atoms with van der Waals surface area (Å²) in [7, 11) is -2.53. The molecule has 0 saturated carbocycles. The average Bonchev–Trinajstić information content (AvgIpc) is 3.82. The van der Waals surface area contributed by atoms with E-state index in [-0.39, 0.29) is 0 Å². The molecule has 0 N–H and O–H groups in total. The van der Waals surface area contributed by atoms with E-state index >= 15 is 0 Å². The van der Waals surface area contributed by atoms with Gasteiger partial charge in [-0.3, -0.25) is 0 Å². The van der Waals surface area contributed by atoms with Crippen LogP contribution in [0.15, 0.2) is 117 Å². The van der Waals surface area contributed by atoms with Gasteiger partial charge in [-0.25, -0.2) is 0 Å². The molecule has 10 nitrogen and oxygen atoms in total. The number of hydrogen-bond acceptors (Lipinski definition) is 6. The third-order valence-electron chi connectivity index (χ3n) is 11.0. The van der Waals surface area contributed by atoms with Crippen LogP contribution in [0.1, 0.15) is 22.3 Å². The molecular formula is C34H22N8O2Si. The average molecular weight is 603 g/mol. The molecule has 0 unspecified atom stereocenters. The van der Waals surface area contributed by atoms with Crippen molar-refractivity contribution in [3.05, 3.63) is 130 Å². The first-order valence-corrected chi connectivity index (χ1v) is 17.6. The molecule has 0 radical (unpaired) electrons. The van der Waals surface area contributed by atoms with E-state index in [1.807, 2.05) is 48.5 Å². The summed E-state index contributed by atoms with van der Waals surface area (Å²) in [5.41, 5.74) is 5.33. The van der Waals surface area contributed by atoms with Crippen LogP contribution in [0, 0.1) is 0 Å². The van der Waals surface area contributed by atoms with Crippen LogP contribution >= 0.6 is 0 Å². The summed E-state index contributed by atoms with van der Waals surface area (Å²) in [5.74, 6) is 4.38. The molecular weight excluding hydrogens is 581 g/mol. The number of aromatic nitrogens is 2. The molecule has 0 atom stereocenters. The summed E-state index contributed by atoms with van der Waals surface area (Å²) in [4.78, 5) is 21.9. The van der Waals surface area contributed by atoms with Gasteiger partial charge < -0.3 is 0 Å². The summed E-state index contributed by atoms with van der Waals surface area (Å²) < 4.78 is 23.9. The minimum atomic E-state index is -6.07. The maximum atomic E-state index is 7.56. The van der Waals surface area contributed by atoms with Crippen molar-refractivity contribution in [2.45, 2.75) is 0 Å². The molecule has 6 aromatic rings.